The summed E-state index contributed by atoms with van der Waals surface area (Å²) in [6.45, 7) is 0.711. The van der Waals surface area contributed by atoms with Gasteiger partial charge in [-0.15, -0.1) is 0 Å². The Morgan fingerprint density at radius 2 is 2.28 bits per heavy atom. The Hall–Kier alpha value is -2.21. The average molecular weight is 245 g/mol. The van der Waals surface area contributed by atoms with E-state index in [-0.39, 0.29) is 5.91 Å². The second kappa shape index (κ2) is 5.42. The molecule has 0 atom stereocenters. The first-order chi connectivity index (χ1) is 8.70. The minimum atomic E-state index is -0.196. The molecule has 0 saturated heterocycles. The molecular weight excluding hydrogens is 230 g/mol. The molecule has 0 saturated carbocycles. The number of hydrogen-bond acceptors (Lipinski definition) is 4. The van der Waals surface area contributed by atoms with Gasteiger partial charge in [0.2, 0.25) is 0 Å². The first kappa shape index (κ1) is 12.3. The molecule has 0 aliphatic carbocycles. The van der Waals surface area contributed by atoms with E-state index >= 15 is 0 Å². The molecule has 6 nitrogen and oxygen atoms in total. The Labute approximate surface area is 105 Å². The van der Waals surface area contributed by atoms with E-state index in [1.54, 1.807) is 31.7 Å². The highest BCUT2D eigenvalue weighted by Crippen LogP contribution is 2.10. The largest absolute Gasteiger partial charge is 0.319 e. The van der Waals surface area contributed by atoms with Crippen LogP contribution in [0.4, 0.5) is 5.69 Å². The highest BCUT2D eigenvalue weighted by atomic mass is 16.2. The van der Waals surface area contributed by atoms with Crippen LogP contribution in [0.15, 0.2) is 30.7 Å². The van der Waals surface area contributed by atoms with Gasteiger partial charge in [0.15, 0.2) is 0 Å². The fourth-order valence-electron chi connectivity index (χ4n) is 1.65. The fourth-order valence-corrected chi connectivity index (χ4v) is 1.65. The summed E-state index contributed by atoms with van der Waals surface area (Å²) in [5.74, 6) is -0.196. The first-order valence-corrected chi connectivity index (χ1v) is 5.58. The van der Waals surface area contributed by atoms with E-state index in [2.05, 4.69) is 20.7 Å². The molecule has 0 bridgehead atoms. The Morgan fingerprint density at radius 1 is 1.44 bits per heavy atom. The predicted molar refractivity (Wildman–Crippen MR) is 68.2 cm³/mol. The summed E-state index contributed by atoms with van der Waals surface area (Å²) in [5.41, 5.74) is 2.20. The van der Waals surface area contributed by atoms with Gasteiger partial charge in [-0.25, -0.2) is 0 Å². The summed E-state index contributed by atoms with van der Waals surface area (Å²) in [4.78, 5) is 16.0. The standard InChI is InChI=1S/C12H15N5O/c1-13-6-9-5-10(8-14-7-9)16-12(18)11-3-4-15-17(11)2/h3-5,7-8,13H,6H2,1-2H3,(H,16,18). The molecule has 0 radical (unpaired) electrons. The normalized spacial score (nSPS) is 10.3. The van der Waals surface area contributed by atoms with Crippen molar-refractivity contribution in [3.63, 3.8) is 0 Å². The highest BCUT2D eigenvalue weighted by Gasteiger charge is 2.10. The molecule has 2 rings (SSSR count). The van der Waals surface area contributed by atoms with Gasteiger partial charge in [-0.2, -0.15) is 5.10 Å². The lowest BCUT2D eigenvalue weighted by molar-refractivity contribution is 0.101. The number of hydrogen-bond donors (Lipinski definition) is 2. The van der Waals surface area contributed by atoms with E-state index in [9.17, 15) is 4.79 Å². The monoisotopic (exact) mass is 245 g/mol. The smallest absolute Gasteiger partial charge is 0.273 e. The number of anilines is 1. The number of rotatable bonds is 4. The first-order valence-electron chi connectivity index (χ1n) is 5.58. The minimum Gasteiger partial charge on any atom is -0.319 e. The summed E-state index contributed by atoms with van der Waals surface area (Å²) >= 11 is 0. The maximum atomic E-state index is 11.9. The van der Waals surface area contributed by atoms with Crippen LogP contribution in [0.5, 0.6) is 0 Å². The van der Waals surface area contributed by atoms with Gasteiger partial charge in [0, 0.05) is 26.0 Å². The van der Waals surface area contributed by atoms with Crippen molar-refractivity contribution in [1.82, 2.24) is 20.1 Å². The molecule has 0 spiro atoms. The van der Waals surface area contributed by atoms with Crippen molar-refractivity contribution in [2.75, 3.05) is 12.4 Å². The van der Waals surface area contributed by atoms with Crippen LogP contribution in [-0.2, 0) is 13.6 Å². The van der Waals surface area contributed by atoms with Gasteiger partial charge in [-0.3, -0.25) is 14.5 Å². The predicted octanol–water partition coefficient (Wildman–Crippen LogP) is 0.787. The number of nitrogens with one attached hydrogen (secondary N) is 2. The molecule has 2 aromatic heterocycles. The molecule has 0 fully saturated rings. The molecule has 0 aliphatic heterocycles. The third-order valence-electron chi connectivity index (χ3n) is 2.49. The molecule has 0 aliphatic rings. The summed E-state index contributed by atoms with van der Waals surface area (Å²) in [7, 11) is 3.59. The molecule has 2 heterocycles. The van der Waals surface area contributed by atoms with Crippen LogP contribution < -0.4 is 10.6 Å². The maximum absolute atomic E-state index is 11.9. The van der Waals surface area contributed by atoms with Crippen molar-refractivity contribution in [3.05, 3.63) is 42.0 Å². The third kappa shape index (κ3) is 2.72. The summed E-state index contributed by atoms with van der Waals surface area (Å²) < 4.78 is 1.53. The van der Waals surface area contributed by atoms with Crippen molar-refractivity contribution in [3.8, 4) is 0 Å². The second-order valence-corrected chi connectivity index (χ2v) is 3.91. The van der Waals surface area contributed by atoms with Crippen LogP contribution in [0, 0.1) is 0 Å². The number of aryl methyl sites for hydroxylation is 1. The van der Waals surface area contributed by atoms with Gasteiger partial charge in [-0.05, 0) is 24.7 Å². The Balaban J connectivity index is 2.12. The highest BCUT2D eigenvalue weighted by molar-refractivity contribution is 6.02. The quantitative estimate of drug-likeness (QED) is 0.835. The molecule has 2 aromatic rings. The number of nitrogens with zero attached hydrogens (tertiary/aromatic N) is 3. The van der Waals surface area contributed by atoms with Crippen LogP contribution in [0.2, 0.25) is 0 Å². The molecule has 18 heavy (non-hydrogen) atoms. The number of aromatic nitrogens is 3. The molecule has 2 N–H and O–H groups in total. The van der Waals surface area contributed by atoms with E-state index in [1.807, 2.05) is 13.1 Å². The molecule has 6 heteroatoms. The minimum absolute atomic E-state index is 0.196. The lowest BCUT2D eigenvalue weighted by atomic mass is 10.2. The molecule has 1 amide bonds. The lowest BCUT2D eigenvalue weighted by Crippen LogP contribution is -2.16. The maximum Gasteiger partial charge on any atom is 0.273 e. The number of pyridine rings is 1. The summed E-state index contributed by atoms with van der Waals surface area (Å²) in [5, 5.41) is 9.78. The van der Waals surface area contributed by atoms with E-state index in [0.29, 0.717) is 17.9 Å². The van der Waals surface area contributed by atoms with Gasteiger partial charge in [0.1, 0.15) is 5.69 Å². The summed E-state index contributed by atoms with van der Waals surface area (Å²) in [6.07, 6.45) is 4.97. The lowest BCUT2D eigenvalue weighted by Gasteiger charge is -2.06. The Morgan fingerprint density at radius 3 is 2.94 bits per heavy atom. The molecule has 0 aromatic carbocycles. The van der Waals surface area contributed by atoms with Crippen molar-refractivity contribution >= 4 is 11.6 Å². The second-order valence-electron chi connectivity index (χ2n) is 3.91. The molecular formula is C12H15N5O. The zero-order chi connectivity index (χ0) is 13.0. The number of amides is 1. The van der Waals surface area contributed by atoms with Crippen LogP contribution in [0.3, 0.4) is 0 Å². The van der Waals surface area contributed by atoms with Gasteiger partial charge in [-0.1, -0.05) is 0 Å². The third-order valence-corrected chi connectivity index (χ3v) is 2.49. The van der Waals surface area contributed by atoms with Gasteiger partial charge in [0.25, 0.3) is 5.91 Å². The SMILES string of the molecule is CNCc1cncc(NC(=O)c2ccnn2C)c1. The van der Waals surface area contributed by atoms with E-state index in [4.69, 9.17) is 0 Å². The van der Waals surface area contributed by atoms with Gasteiger partial charge in [0.05, 0.1) is 11.9 Å². The topological polar surface area (TPSA) is 71.8 Å². The average Bonchev–Trinajstić information content (AvgIpc) is 2.76. The van der Waals surface area contributed by atoms with E-state index < -0.39 is 0 Å². The Bertz CT molecular complexity index is 549. The number of carbonyl (C=O) groups excluding carboxylic acids is 1. The fraction of sp³-hybridized carbons (Fsp3) is 0.250. The Kier molecular flexibility index (Phi) is 3.69. The van der Waals surface area contributed by atoms with Crippen molar-refractivity contribution in [2.45, 2.75) is 6.54 Å². The van der Waals surface area contributed by atoms with Crippen molar-refractivity contribution in [1.29, 1.82) is 0 Å². The van der Waals surface area contributed by atoms with E-state index in [0.717, 1.165) is 5.56 Å². The zero-order valence-corrected chi connectivity index (χ0v) is 10.3. The summed E-state index contributed by atoms with van der Waals surface area (Å²) in [6, 6.07) is 3.55. The van der Waals surface area contributed by atoms with Gasteiger partial charge >= 0.3 is 0 Å². The van der Waals surface area contributed by atoms with Crippen molar-refractivity contribution in [2.24, 2.45) is 7.05 Å². The van der Waals surface area contributed by atoms with E-state index in [1.165, 1.54) is 4.68 Å². The number of carbonyl (C=O) groups is 1. The molecule has 94 valence electrons. The van der Waals surface area contributed by atoms with Crippen LogP contribution >= 0.6 is 0 Å². The van der Waals surface area contributed by atoms with Crippen LogP contribution in [0.25, 0.3) is 0 Å². The zero-order valence-electron chi connectivity index (χ0n) is 10.3. The van der Waals surface area contributed by atoms with Crippen molar-refractivity contribution < 1.29 is 4.79 Å². The van der Waals surface area contributed by atoms with Crippen LogP contribution in [0.1, 0.15) is 16.1 Å². The van der Waals surface area contributed by atoms with Crippen LogP contribution in [-0.4, -0.2) is 27.7 Å². The van der Waals surface area contributed by atoms with Gasteiger partial charge < -0.3 is 10.6 Å². The molecule has 0 unspecified atom stereocenters.